The molecule has 1 aliphatic rings. The van der Waals surface area contributed by atoms with Crippen LogP contribution in [0.5, 0.6) is 5.75 Å². The maximum atomic E-state index is 9.41. The van der Waals surface area contributed by atoms with Gasteiger partial charge in [-0.25, -0.2) is 0 Å². The number of halogens is 1. The first-order valence-corrected chi connectivity index (χ1v) is 6.30. The van der Waals surface area contributed by atoms with Crippen LogP contribution in [0.3, 0.4) is 0 Å². The topological polar surface area (TPSA) is 50.5 Å². The molecule has 96 valence electrons. The van der Waals surface area contributed by atoms with Crippen molar-refractivity contribution in [1.82, 2.24) is 9.80 Å². The van der Waals surface area contributed by atoms with Gasteiger partial charge in [-0.2, -0.15) is 5.26 Å². The maximum Gasteiger partial charge on any atom is 0.134 e. The first-order chi connectivity index (χ1) is 8.61. The monoisotopic (exact) mass is 265 g/mol. The summed E-state index contributed by atoms with van der Waals surface area (Å²) in [5.74, 6) is 0.0514. The number of phenols is 1. The van der Waals surface area contributed by atoms with E-state index in [1.54, 1.807) is 12.1 Å². The Morgan fingerprint density at radius 2 is 2.00 bits per heavy atom. The first kappa shape index (κ1) is 13.2. The van der Waals surface area contributed by atoms with Gasteiger partial charge in [0.15, 0.2) is 0 Å². The predicted octanol–water partition coefficient (Wildman–Crippen LogP) is 1.86. The number of likely N-dealkylation sites (N-methyl/N-ethyl adjacent to an activating group) is 1. The van der Waals surface area contributed by atoms with Crippen LogP contribution < -0.4 is 0 Å². The van der Waals surface area contributed by atoms with Gasteiger partial charge in [0, 0.05) is 26.2 Å². The second-order valence-electron chi connectivity index (χ2n) is 4.58. The highest BCUT2D eigenvalue weighted by Gasteiger charge is 2.24. The van der Waals surface area contributed by atoms with Crippen LogP contribution in [0.4, 0.5) is 0 Å². The Morgan fingerprint density at radius 3 is 2.56 bits per heavy atom. The van der Waals surface area contributed by atoms with Gasteiger partial charge in [0.1, 0.15) is 11.8 Å². The Labute approximate surface area is 112 Å². The van der Waals surface area contributed by atoms with Crippen molar-refractivity contribution < 1.29 is 5.11 Å². The summed E-state index contributed by atoms with van der Waals surface area (Å²) >= 11 is 5.89. The zero-order valence-electron chi connectivity index (χ0n) is 10.3. The Kier molecular flexibility index (Phi) is 4.07. The van der Waals surface area contributed by atoms with E-state index >= 15 is 0 Å². The van der Waals surface area contributed by atoms with Crippen LogP contribution in [-0.4, -0.2) is 48.1 Å². The number of nitriles is 1. The van der Waals surface area contributed by atoms with E-state index in [4.69, 9.17) is 11.6 Å². The largest absolute Gasteiger partial charge is 0.506 e. The fraction of sp³-hybridized carbons (Fsp3) is 0.462. The Hall–Kier alpha value is -1.28. The minimum Gasteiger partial charge on any atom is -0.506 e. The van der Waals surface area contributed by atoms with Crippen LogP contribution in [0.1, 0.15) is 11.6 Å². The molecule has 4 nitrogen and oxygen atoms in total. The van der Waals surface area contributed by atoms with Crippen LogP contribution in [0.25, 0.3) is 0 Å². The number of nitrogens with zero attached hydrogens (tertiary/aromatic N) is 3. The molecule has 0 radical (unpaired) electrons. The summed E-state index contributed by atoms with van der Waals surface area (Å²) in [6.07, 6.45) is 0. The lowest BCUT2D eigenvalue weighted by molar-refractivity contribution is 0.133. The molecule has 18 heavy (non-hydrogen) atoms. The minimum atomic E-state index is -0.295. The maximum absolute atomic E-state index is 9.41. The second kappa shape index (κ2) is 5.57. The molecule has 0 aromatic heterocycles. The van der Waals surface area contributed by atoms with E-state index in [1.165, 1.54) is 6.07 Å². The van der Waals surface area contributed by atoms with E-state index in [9.17, 15) is 10.4 Å². The molecule has 0 bridgehead atoms. The summed E-state index contributed by atoms with van der Waals surface area (Å²) < 4.78 is 0. The van der Waals surface area contributed by atoms with Crippen LogP contribution in [-0.2, 0) is 0 Å². The fourth-order valence-corrected chi connectivity index (χ4v) is 2.33. The summed E-state index contributed by atoms with van der Waals surface area (Å²) in [5.41, 5.74) is 0.838. The number of benzene rings is 1. The molecule has 1 N–H and O–H groups in total. The number of hydrogen-bond donors (Lipinski definition) is 1. The molecular weight excluding hydrogens is 250 g/mol. The van der Waals surface area contributed by atoms with Gasteiger partial charge >= 0.3 is 0 Å². The van der Waals surface area contributed by atoms with Crippen molar-refractivity contribution in [3.8, 4) is 11.8 Å². The Balaban J connectivity index is 2.18. The van der Waals surface area contributed by atoms with Gasteiger partial charge in [-0.3, -0.25) is 4.90 Å². The number of aromatic hydroxyl groups is 1. The smallest absolute Gasteiger partial charge is 0.134 e. The van der Waals surface area contributed by atoms with Crippen molar-refractivity contribution in [3.63, 3.8) is 0 Å². The van der Waals surface area contributed by atoms with Gasteiger partial charge < -0.3 is 10.0 Å². The Morgan fingerprint density at radius 1 is 1.33 bits per heavy atom. The normalized spacial score (nSPS) is 19.4. The molecule has 0 saturated carbocycles. The van der Waals surface area contributed by atoms with Crippen molar-refractivity contribution in [3.05, 3.63) is 28.8 Å². The van der Waals surface area contributed by atoms with Gasteiger partial charge in [0.05, 0.1) is 11.1 Å². The van der Waals surface area contributed by atoms with Gasteiger partial charge in [0.2, 0.25) is 0 Å². The van der Waals surface area contributed by atoms with Gasteiger partial charge in [-0.15, -0.1) is 0 Å². The predicted molar refractivity (Wildman–Crippen MR) is 70.5 cm³/mol. The van der Waals surface area contributed by atoms with Gasteiger partial charge in [-0.1, -0.05) is 17.7 Å². The quantitative estimate of drug-likeness (QED) is 0.887. The van der Waals surface area contributed by atoms with E-state index < -0.39 is 0 Å². The molecule has 1 aromatic carbocycles. The summed E-state index contributed by atoms with van der Waals surface area (Å²) in [6, 6.07) is 6.99. The van der Waals surface area contributed by atoms with E-state index in [-0.39, 0.29) is 11.8 Å². The standard InChI is InChI=1S/C13H16ClN3O/c1-16-4-6-17(7-5-16)12(9-15)10-2-3-13(18)11(14)8-10/h2-3,8,12,18H,4-7H2,1H3. The average Bonchev–Trinajstić information content (AvgIpc) is 2.37. The SMILES string of the molecule is CN1CCN(C(C#N)c2ccc(O)c(Cl)c2)CC1. The molecule has 0 amide bonds. The van der Waals surface area contributed by atoms with E-state index in [1.807, 2.05) is 0 Å². The molecule has 1 atom stereocenters. The number of piperazine rings is 1. The van der Waals surface area contributed by atoms with Crippen LogP contribution in [0.2, 0.25) is 5.02 Å². The third-order valence-electron chi connectivity index (χ3n) is 3.31. The molecule has 2 rings (SSSR count). The highest BCUT2D eigenvalue weighted by Crippen LogP contribution is 2.29. The minimum absolute atomic E-state index is 0.0514. The molecular formula is C13H16ClN3O. The third-order valence-corrected chi connectivity index (χ3v) is 3.62. The molecule has 0 aliphatic carbocycles. The second-order valence-corrected chi connectivity index (χ2v) is 4.99. The lowest BCUT2D eigenvalue weighted by Crippen LogP contribution is -2.45. The number of hydrogen-bond acceptors (Lipinski definition) is 4. The zero-order valence-corrected chi connectivity index (χ0v) is 11.1. The number of phenolic OH excluding ortho intramolecular Hbond substituents is 1. The Bertz CT molecular complexity index is 464. The van der Waals surface area contributed by atoms with Crippen LogP contribution in [0.15, 0.2) is 18.2 Å². The molecule has 1 aliphatic heterocycles. The van der Waals surface area contributed by atoms with E-state index in [2.05, 4.69) is 22.9 Å². The van der Waals surface area contributed by atoms with Gasteiger partial charge in [0.25, 0.3) is 0 Å². The molecule has 1 saturated heterocycles. The van der Waals surface area contributed by atoms with Crippen molar-refractivity contribution in [2.75, 3.05) is 33.2 Å². The van der Waals surface area contributed by atoms with E-state index in [0.29, 0.717) is 5.02 Å². The molecule has 5 heteroatoms. The highest BCUT2D eigenvalue weighted by atomic mass is 35.5. The summed E-state index contributed by atoms with van der Waals surface area (Å²) in [4.78, 5) is 4.39. The summed E-state index contributed by atoms with van der Waals surface area (Å²) in [6.45, 7) is 3.66. The van der Waals surface area contributed by atoms with Crippen LogP contribution in [0, 0.1) is 11.3 Å². The van der Waals surface area contributed by atoms with Crippen molar-refractivity contribution in [2.45, 2.75) is 6.04 Å². The third kappa shape index (κ3) is 2.75. The molecule has 0 spiro atoms. The fourth-order valence-electron chi connectivity index (χ4n) is 2.14. The first-order valence-electron chi connectivity index (χ1n) is 5.92. The summed E-state index contributed by atoms with van der Waals surface area (Å²) in [5, 5.41) is 19.0. The van der Waals surface area contributed by atoms with Crippen molar-refractivity contribution >= 4 is 11.6 Å². The summed E-state index contributed by atoms with van der Waals surface area (Å²) in [7, 11) is 2.08. The van der Waals surface area contributed by atoms with Crippen LogP contribution >= 0.6 is 11.6 Å². The average molecular weight is 266 g/mol. The molecule has 1 fully saturated rings. The molecule has 1 unspecified atom stereocenters. The van der Waals surface area contributed by atoms with Gasteiger partial charge in [-0.05, 0) is 24.7 Å². The van der Waals surface area contributed by atoms with Crippen molar-refractivity contribution in [2.24, 2.45) is 0 Å². The molecule has 1 aromatic rings. The van der Waals surface area contributed by atoms with E-state index in [0.717, 1.165) is 31.7 Å². The van der Waals surface area contributed by atoms with Crippen molar-refractivity contribution in [1.29, 1.82) is 5.26 Å². The zero-order chi connectivity index (χ0) is 13.1. The number of rotatable bonds is 2. The molecule has 1 heterocycles. The lowest BCUT2D eigenvalue weighted by Gasteiger charge is -2.35. The highest BCUT2D eigenvalue weighted by molar-refractivity contribution is 6.32. The lowest BCUT2D eigenvalue weighted by atomic mass is 10.1.